The summed E-state index contributed by atoms with van der Waals surface area (Å²) in [6.07, 6.45) is 0.0716. The minimum atomic E-state index is -0.413. The first-order valence-electron chi connectivity index (χ1n) is 6.69. The minimum Gasteiger partial charge on any atom is -0.491 e. The van der Waals surface area contributed by atoms with Crippen LogP contribution in [0.3, 0.4) is 0 Å². The zero-order chi connectivity index (χ0) is 15.4. The average Bonchev–Trinajstić information content (AvgIpc) is 2.43. The van der Waals surface area contributed by atoms with E-state index in [0.29, 0.717) is 10.6 Å². The fourth-order valence-corrected chi connectivity index (χ4v) is 2.37. The van der Waals surface area contributed by atoms with Gasteiger partial charge in [0.2, 0.25) is 0 Å². The van der Waals surface area contributed by atoms with Crippen LogP contribution in [0.2, 0.25) is 5.02 Å². The molecule has 3 N–H and O–H groups in total. The number of rotatable bonds is 5. The Balaban J connectivity index is 2.39. The van der Waals surface area contributed by atoms with E-state index in [1.54, 1.807) is 0 Å². The van der Waals surface area contributed by atoms with Gasteiger partial charge in [0.25, 0.3) is 0 Å². The minimum absolute atomic E-state index is 0.0716. The molecule has 1 unspecified atom stereocenters. The van der Waals surface area contributed by atoms with Crippen molar-refractivity contribution in [2.24, 2.45) is 5.84 Å². The maximum Gasteiger partial charge on any atom is 0.123 e. The molecular weight excluding hydrogens is 291 g/mol. The SMILES string of the molecule is CC(C)Oc1cccc(C(NN)c2cc(F)ccc2Cl)c1. The highest BCUT2D eigenvalue weighted by Gasteiger charge is 2.17. The highest BCUT2D eigenvalue weighted by atomic mass is 35.5. The van der Waals surface area contributed by atoms with E-state index in [1.165, 1.54) is 18.2 Å². The van der Waals surface area contributed by atoms with Gasteiger partial charge >= 0.3 is 0 Å². The van der Waals surface area contributed by atoms with E-state index in [9.17, 15) is 4.39 Å². The molecule has 0 amide bonds. The second-order valence-electron chi connectivity index (χ2n) is 5.00. The number of benzene rings is 2. The molecule has 0 heterocycles. The van der Waals surface area contributed by atoms with Crippen LogP contribution in [0, 0.1) is 5.82 Å². The molecule has 0 saturated carbocycles. The van der Waals surface area contributed by atoms with Gasteiger partial charge in [0.15, 0.2) is 0 Å². The first kappa shape index (κ1) is 15.8. The maximum absolute atomic E-state index is 13.5. The number of hydrogen-bond acceptors (Lipinski definition) is 3. The molecule has 0 saturated heterocycles. The van der Waals surface area contributed by atoms with E-state index in [-0.39, 0.29) is 11.9 Å². The first-order valence-corrected chi connectivity index (χ1v) is 7.06. The molecule has 0 fully saturated rings. The van der Waals surface area contributed by atoms with Crippen molar-refractivity contribution < 1.29 is 9.13 Å². The van der Waals surface area contributed by atoms with Crippen LogP contribution < -0.4 is 16.0 Å². The number of ether oxygens (including phenoxy) is 1. The molecule has 0 aliphatic rings. The summed E-state index contributed by atoms with van der Waals surface area (Å²) in [5, 5.41) is 0.453. The summed E-state index contributed by atoms with van der Waals surface area (Å²) in [4.78, 5) is 0. The van der Waals surface area contributed by atoms with E-state index in [0.717, 1.165) is 11.3 Å². The van der Waals surface area contributed by atoms with Crippen molar-refractivity contribution in [3.8, 4) is 5.75 Å². The molecule has 0 radical (unpaired) electrons. The molecule has 0 bridgehead atoms. The number of halogens is 2. The molecule has 3 nitrogen and oxygen atoms in total. The van der Waals surface area contributed by atoms with Gasteiger partial charge in [0.1, 0.15) is 11.6 Å². The van der Waals surface area contributed by atoms with Crippen LogP contribution >= 0.6 is 11.6 Å². The third-order valence-electron chi connectivity index (χ3n) is 3.00. The van der Waals surface area contributed by atoms with Gasteiger partial charge in [-0.05, 0) is 55.3 Å². The fourth-order valence-electron chi connectivity index (χ4n) is 2.14. The Morgan fingerprint density at radius 2 is 1.95 bits per heavy atom. The van der Waals surface area contributed by atoms with Crippen molar-refractivity contribution in [1.29, 1.82) is 0 Å². The van der Waals surface area contributed by atoms with Gasteiger partial charge in [-0.3, -0.25) is 5.84 Å². The molecule has 5 heteroatoms. The summed E-state index contributed by atoms with van der Waals surface area (Å²) in [5.41, 5.74) is 4.11. The molecule has 0 aliphatic carbocycles. The molecule has 2 aromatic carbocycles. The van der Waals surface area contributed by atoms with Gasteiger partial charge in [-0.2, -0.15) is 0 Å². The fraction of sp³-hybridized carbons (Fsp3) is 0.250. The Morgan fingerprint density at radius 1 is 1.19 bits per heavy atom. The Labute approximate surface area is 128 Å². The van der Waals surface area contributed by atoms with Gasteiger partial charge in [-0.15, -0.1) is 0 Å². The second-order valence-corrected chi connectivity index (χ2v) is 5.41. The van der Waals surface area contributed by atoms with Gasteiger partial charge in [-0.25, -0.2) is 9.82 Å². The van der Waals surface area contributed by atoms with Crippen LogP contribution in [-0.2, 0) is 0 Å². The lowest BCUT2D eigenvalue weighted by atomic mass is 9.99. The Morgan fingerprint density at radius 3 is 2.62 bits per heavy atom. The largest absolute Gasteiger partial charge is 0.491 e. The van der Waals surface area contributed by atoms with Crippen molar-refractivity contribution in [3.63, 3.8) is 0 Å². The van der Waals surface area contributed by atoms with E-state index in [2.05, 4.69) is 5.43 Å². The van der Waals surface area contributed by atoms with Crippen molar-refractivity contribution in [2.45, 2.75) is 26.0 Å². The summed E-state index contributed by atoms with van der Waals surface area (Å²) >= 11 is 6.15. The number of nitrogens with one attached hydrogen (secondary N) is 1. The number of nitrogens with two attached hydrogens (primary N) is 1. The monoisotopic (exact) mass is 308 g/mol. The lowest BCUT2D eigenvalue weighted by Gasteiger charge is -2.19. The zero-order valence-corrected chi connectivity index (χ0v) is 12.7. The van der Waals surface area contributed by atoms with Crippen molar-refractivity contribution in [1.82, 2.24) is 5.43 Å². The van der Waals surface area contributed by atoms with Gasteiger partial charge in [-0.1, -0.05) is 23.7 Å². The highest BCUT2D eigenvalue weighted by Crippen LogP contribution is 2.30. The van der Waals surface area contributed by atoms with E-state index >= 15 is 0 Å². The average molecular weight is 309 g/mol. The van der Waals surface area contributed by atoms with Crippen molar-refractivity contribution in [2.75, 3.05) is 0 Å². The topological polar surface area (TPSA) is 47.3 Å². The molecule has 21 heavy (non-hydrogen) atoms. The lowest BCUT2D eigenvalue weighted by molar-refractivity contribution is 0.242. The van der Waals surface area contributed by atoms with Crippen LogP contribution in [-0.4, -0.2) is 6.10 Å². The van der Waals surface area contributed by atoms with Gasteiger partial charge < -0.3 is 4.74 Å². The molecule has 0 spiro atoms. The predicted octanol–water partition coefficient (Wildman–Crippen LogP) is 3.82. The van der Waals surface area contributed by atoms with Crippen molar-refractivity contribution >= 4 is 11.6 Å². The lowest BCUT2D eigenvalue weighted by Crippen LogP contribution is -2.29. The molecular formula is C16H18ClFN2O. The Bertz CT molecular complexity index is 619. The molecule has 2 aromatic rings. The normalized spacial score (nSPS) is 12.5. The predicted molar refractivity (Wildman–Crippen MR) is 82.8 cm³/mol. The summed E-state index contributed by atoms with van der Waals surface area (Å²) in [7, 11) is 0. The van der Waals surface area contributed by atoms with Crippen molar-refractivity contribution in [3.05, 3.63) is 64.4 Å². The molecule has 0 aliphatic heterocycles. The van der Waals surface area contributed by atoms with E-state index in [4.69, 9.17) is 22.2 Å². The third-order valence-corrected chi connectivity index (χ3v) is 3.34. The maximum atomic E-state index is 13.5. The molecule has 0 aromatic heterocycles. The molecule has 112 valence electrons. The molecule has 1 atom stereocenters. The standard InChI is InChI=1S/C16H18ClFN2O/c1-10(2)21-13-5-3-4-11(8-13)16(20-19)14-9-12(18)6-7-15(14)17/h3-10,16,20H,19H2,1-2H3. The Kier molecular flexibility index (Phi) is 5.17. The third kappa shape index (κ3) is 3.94. The first-order chi connectivity index (χ1) is 10.0. The van der Waals surface area contributed by atoms with Crippen LogP contribution in [0.1, 0.15) is 31.0 Å². The van der Waals surface area contributed by atoms with Gasteiger partial charge in [0.05, 0.1) is 12.1 Å². The van der Waals surface area contributed by atoms with Crippen LogP contribution in [0.4, 0.5) is 4.39 Å². The summed E-state index contributed by atoms with van der Waals surface area (Å²) in [6.45, 7) is 3.91. The molecule has 2 rings (SSSR count). The quantitative estimate of drug-likeness (QED) is 0.652. The van der Waals surface area contributed by atoms with Crippen LogP contribution in [0.15, 0.2) is 42.5 Å². The van der Waals surface area contributed by atoms with E-state index in [1.807, 2.05) is 38.1 Å². The van der Waals surface area contributed by atoms with Gasteiger partial charge in [0, 0.05) is 5.02 Å². The zero-order valence-electron chi connectivity index (χ0n) is 11.9. The summed E-state index contributed by atoms with van der Waals surface area (Å²) < 4.78 is 19.1. The summed E-state index contributed by atoms with van der Waals surface area (Å²) in [6, 6.07) is 11.3. The number of hydrazine groups is 1. The van der Waals surface area contributed by atoms with E-state index < -0.39 is 6.04 Å². The van der Waals surface area contributed by atoms with Crippen LogP contribution in [0.25, 0.3) is 0 Å². The summed E-state index contributed by atoms with van der Waals surface area (Å²) in [5.74, 6) is 6.01. The smallest absolute Gasteiger partial charge is 0.123 e. The van der Waals surface area contributed by atoms with Crippen LogP contribution in [0.5, 0.6) is 5.75 Å². The number of hydrogen-bond donors (Lipinski definition) is 2. The highest BCUT2D eigenvalue weighted by molar-refractivity contribution is 6.31. The Hall–Kier alpha value is -1.62. The second kappa shape index (κ2) is 6.89.